The third-order valence-corrected chi connectivity index (χ3v) is 3.98. The summed E-state index contributed by atoms with van der Waals surface area (Å²) in [5.41, 5.74) is 6.03. The van der Waals surface area contributed by atoms with Gasteiger partial charge in [-0.25, -0.2) is 0 Å². The van der Waals surface area contributed by atoms with Gasteiger partial charge in [0.1, 0.15) is 5.54 Å². The fourth-order valence-corrected chi connectivity index (χ4v) is 2.86. The van der Waals surface area contributed by atoms with Crippen LogP contribution in [0.5, 0.6) is 0 Å². The zero-order chi connectivity index (χ0) is 14.6. The summed E-state index contributed by atoms with van der Waals surface area (Å²) in [5.74, 6) is -0.978. The number of rotatable bonds is 6. The van der Waals surface area contributed by atoms with Gasteiger partial charge in [-0.05, 0) is 18.1 Å². The Kier molecular flexibility index (Phi) is 4.78. The van der Waals surface area contributed by atoms with E-state index in [1.54, 1.807) is 12.4 Å². The second-order valence-electron chi connectivity index (χ2n) is 5.50. The minimum absolute atomic E-state index is 0.0554. The molecule has 0 spiro atoms. The van der Waals surface area contributed by atoms with Crippen LogP contribution in [0.4, 0.5) is 0 Å². The van der Waals surface area contributed by atoms with E-state index in [2.05, 4.69) is 9.88 Å². The molecule has 0 bridgehead atoms. The van der Waals surface area contributed by atoms with Crippen LogP contribution in [0.3, 0.4) is 0 Å². The maximum atomic E-state index is 11.5. The average Bonchev–Trinajstić information content (AvgIpc) is 2.75. The number of pyridine rings is 1. The highest BCUT2D eigenvalue weighted by Gasteiger charge is 2.48. The quantitative estimate of drug-likeness (QED) is 0.744. The lowest BCUT2D eigenvalue weighted by atomic mass is 9.83. The lowest BCUT2D eigenvalue weighted by Gasteiger charge is -2.25. The van der Waals surface area contributed by atoms with Gasteiger partial charge in [0.15, 0.2) is 0 Å². The van der Waals surface area contributed by atoms with Gasteiger partial charge in [0, 0.05) is 37.9 Å². The maximum Gasteiger partial charge on any atom is 0.325 e. The van der Waals surface area contributed by atoms with Crippen LogP contribution < -0.4 is 5.73 Å². The molecule has 2 atom stereocenters. The normalized spacial score (nSPS) is 26.8. The largest absolute Gasteiger partial charge is 0.480 e. The SMILES string of the molecule is [B]CCC[C@H]1CN(Cc2cccnc2)C[C@@]1(N)C(=O)O. The topological polar surface area (TPSA) is 79.5 Å². The molecular formula is C14H20BN3O2. The first kappa shape index (κ1) is 15.0. The summed E-state index contributed by atoms with van der Waals surface area (Å²) in [6, 6.07) is 3.86. The zero-order valence-corrected chi connectivity index (χ0v) is 11.5. The highest BCUT2D eigenvalue weighted by molar-refractivity contribution is 6.08. The Morgan fingerprint density at radius 1 is 1.65 bits per heavy atom. The molecule has 1 aromatic rings. The molecule has 1 aliphatic heterocycles. The van der Waals surface area contributed by atoms with E-state index in [1.165, 1.54) is 0 Å². The molecule has 1 saturated heterocycles. The van der Waals surface area contributed by atoms with Crippen molar-refractivity contribution in [2.75, 3.05) is 13.1 Å². The lowest BCUT2D eigenvalue weighted by Crippen LogP contribution is -2.54. The fraction of sp³-hybridized carbons (Fsp3) is 0.571. The Labute approximate surface area is 120 Å². The summed E-state index contributed by atoms with van der Waals surface area (Å²) in [6.45, 7) is 1.74. The van der Waals surface area contributed by atoms with E-state index < -0.39 is 11.5 Å². The van der Waals surface area contributed by atoms with Crippen molar-refractivity contribution in [3.8, 4) is 0 Å². The van der Waals surface area contributed by atoms with Gasteiger partial charge >= 0.3 is 5.97 Å². The van der Waals surface area contributed by atoms with E-state index in [1.807, 2.05) is 12.1 Å². The van der Waals surface area contributed by atoms with E-state index >= 15 is 0 Å². The average molecular weight is 273 g/mol. The van der Waals surface area contributed by atoms with Gasteiger partial charge in [-0.2, -0.15) is 0 Å². The first-order chi connectivity index (χ1) is 9.56. The van der Waals surface area contributed by atoms with Crippen LogP contribution in [-0.2, 0) is 11.3 Å². The van der Waals surface area contributed by atoms with E-state index in [9.17, 15) is 9.90 Å². The third-order valence-electron chi connectivity index (χ3n) is 3.98. The monoisotopic (exact) mass is 273 g/mol. The smallest absolute Gasteiger partial charge is 0.325 e. The first-order valence-corrected chi connectivity index (χ1v) is 6.90. The summed E-state index contributed by atoms with van der Waals surface area (Å²) in [6.07, 6.45) is 5.64. The van der Waals surface area contributed by atoms with Gasteiger partial charge < -0.3 is 10.8 Å². The summed E-state index contributed by atoms with van der Waals surface area (Å²) < 4.78 is 0. The van der Waals surface area contributed by atoms with Gasteiger partial charge in [0.2, 0.25) is 0 Å². The minimum Gasteiger partial charge on any atom is -0.480 e. The molecule has 2 heterocycles. The summed E-state index contributed by atoms with van der Waals surface area (Å²) in [4.78, 5) is 17.7. The molecule has 0 amide bonds. The Bertz CT molecular complexity index is 457. The molecule has 0 aromatic carbocycles. The van der Waals surface area contributed by atoms with E-state index in [0.717, 1.165) is 18.4 Å². The van der Waals surface area contributed by atoms with Crippen molar-refractivity contribution < 1.29 is 9.90 Å². The Morgan fingerprint density at radius 2 is 2.45 bits per heavy atom. The molecule has 106 valence electrons. The van der Waals surface area contributed by atoms with Crippen molar-refractivity contribution >= 4 is 13.8 Å². The van der Waals surface area contributed by atoms with Crippen LogP contribution in [0, 0.1) is 5.92 Å². The van der Waals surface area contributed by atoms with Crippen LogP contribution in [0.25, 0.3) is 0 Å². The number of carbonyl (C=O) groups is 1. The predicted octanol–water partition coefficient (Wildman–Crippen LogP) is 0.662. The third kappa shape index (κ3) is 3.19. The van der Waals surface area contributed by atoms with Crippen molar-refractivity contribution in [1.82, 2.24) is 9.88 Å². The summed E-state index contributed by atoms with van der Waals surface area (Å²) in [7, 11) is 5.52. The van der Waals surface area contributed by atoms with E-state index in [0.29, 0.717) is 26.0 Å². The lowest BCUT2D eigenvalue weighted by molar-refractivity contribution is -0.144. The van der Waals surface area contributed by atoms with Crippen molar-refractivity contribution in [3.05, 3.63) is 30.1 Å². The van der Waals surface area contributed by atoms with Crippen molar-refractivity contribution in [2.24, 2.45) is 11.7 Å². The number of likely N-dealkylation sites (tertiary alicyclic amines) is 1. The molecule has 0 aliphatic carbocycles. The van der Waals surface area contributed by atoms with Crippen LogP contribution in [0.1, 0.15) is 18.4 Å². The molecule has 3 N–H and O–H groups in total. The van der Waals surface area contributed by atoms with Gasteiger partial charge in [0.05, 0.1) is 7.85 Å². The molecule has 1 aliphatic rings. The van der Waals surface area contributed by atoms with E-state index in [-0.39, 0.29) is 5.92 Å². The van der Waals surface area contributed by atoms with Crippen molar-refractivity contribution in [1.29, 1.82) is 0 Å². The molecular weight excluding hydrogens is 253 g/mol. The molecule has 2 rings (SSSR count). The van der Waals surface area contributed by atoms with Crippen LogP contribution in [-0.4, -0.2) is 47.4 Å². The van der Waals surface area contributed by atoms with Crippen molar-refractivity contribution in [2.45, 2.75) is 31.2 Å². The summed E-state index contributed by atoms with van der Waals surface area (Å²) >= 11 is 0. The molecule has 5 nitrogen and oxygen atoms in total. The molecule has 2 radical (unpaired) electrons. The van der Waals surface area contributed by atoms with Crippen LogP contribution in [0.15, 0.2) is 24.5 Å². The number of carboxylic acid groups (broad SMARTS) is 1. The van der Waals surface area contributed by atoms with Gasteiger partial charge in [-0.1, -0.05) is 18.8 Å². The van der Waals surface area contributed by atoms with Gasteiger partial charge in [-0.3, -0.25) is 14.7 Å². The molecule has 20 heavy (non-hydrogen) atoms. The van der Waals surface area contributed by atoms with Crippen molar-refractivity contribution in [3.63, 3.8) is 0 Å². The second kappa shape index (κ2) is 6.37. The standard InChI is InChI=1S/C14H20BN3O2/c15-5-1-4-12-9-18(10-14(12,16)13(19)20)8-11-3-2-6-17-7-11/h2-3,6-7,12H,1,4-5,8-10,16H2,(H,19,20)/t12-,14-/m0/s1. The minimum atomic E-state index is -1.17. The number of hydrogen-bond donors (Lipinski definition) is 2. The van der Waals surface area contributed by atoms with Crippen LogP contribution in [0.2, 0.25) is 6.32 Å². The van der Waals surface area contributed by atoms with Gasteiger partial charge in [-0.15, -0.1) is 0 Å². The molecule has 0 saturated carbocycles. The number of aromatic nitrogens is 1. The van der Waals surface area contributed by atoms with Crippen LogP contribution >= 0.6 is 0 Å². The highest BCUT2D eigenvalue weighted by Crippen LogP contribution is 2.31. The second-order valence-corrected chi connectivity index (χ2v) is 5.50. The Morgan fingerprint density at radius 3 is 3.05 bits per heavy atom. The zero-order valence-electron chi connectivity index (χ0n) is 11.5. The molecule has 0 unspecified atom stereocenters. The summed E-state index contributed by atoms with van der Waals surface area (Å²) in [5, 5.41) is 9.43. The number of nitrogens with two attached hydrogens (primary N) is 1. The molecule has 1 fully saturated rings. The van der Waals surface area contributed by atoms with E-state index in [4.69, 9.17) is 13.6 Å². The fourth-order valence-electron chi connectivity index (χ4n) is 2.86. The number of hydrogen-bond acceptors (Lipinski definition) is 4. The number of aliphatic carboxylic acids is 1. The highest BCUT2D eigenvalue weighted by atomic mass is 16.4. The Balaban J connectivity index is 2.05. The Hall–Kier alpha value is -1.40. The van der Waals surface area contributed by atoms with Gasteiger partial charge in [0.25, 0.3) is 0 Å². The first-order valence-electron chi connectivity index (χ1n) is 6.90. The number of nitrogens with zero attached hydrogens (tertiary/aromatic N) is 2. The maximum absolute atomic E-state index is 11.5. The molecule has 6 heteroatoms. The predicted molar refractivity (Wildman–Crippen MR) is 77.4 cm³/mol. The molecule has 1 aromatic heterocycles. The number of carboxylic acids is 1.